The number of hydrogen-bond donors (Lipinski definition) is 0. The Morgan fingerprint density at radius 2 is 1.33 bits per heavy atom. The molecule has 3 aromatic carbocycles. The van der Waals surface area contributed by atoms with Crippen molar-refractivity contribution in [1.82, 2.24) is 0 Å². The molecule has 0 spiro atoms. The lowest BCUT2D eigenvalue weighted by atomic mass is 10.0. The number of benzene rings is 3. The second-order valence-electron chi connectivity index (χ2n) is 8.12. The van der Waals surface area contributed by atoms with Gasteiger partial charge in [-0.15, -0.1) is 0 Å². The van der Waals surface area contributed by atoms with Gasteiger partial charge in [-0.05, 0) is 72.2 Å². The van der Waals surface area contributed by atoms with Gasteiger partial charge in [-0.3, -0.25) is 10.1 Å². The van der Waals surface area contributed by atoms with E-state index in [1.807, 2.05) is 48.5 Å². The molecule has 0 unspecified atom stereocenters. The minimum Gasteiger partial charge on any atom is -0.494 e. The second kappa shape index (κ2) is 14.2. The van der Waals surface area contributed by atoms with Crippen LogP contribution >= 0.6 is 0 Å². The SMILES string of the molecule is CCCCCCOc1ccc(OCCOc2ccc(C=C(C#N)c3ccc([N+](=O)[O-])cc3)cc2)cc1. The fourth-order valence-corrected chi connectivity index (χ4v) is 3.44. The van der Waals surface area contributed by atoms with Crippen molar-refractivity contribution in [2.24, 2.45) is 0 Å². The summed E-state index contributed by atoms with van der Waals surface area (Å²) in [5, 5.41) is 20.3. The van der Waals surface area contributed by atoms with Crippen molar-refractivity contribution >= 4 is 17.3 Å². The summed E-state index contributed by atoms with van der Waals surface area (Å²) in [5.41, 5.74) is 1.84. The molecule has 0 heterocycles. The Bertz CT molecular complexity index is 1160. The van der Waals surface area contributed by atoms with Gasteiger partial charge in [0, 0.05) is 12.1 Å². The predicted molar refractivity (Wildman–Crippen MR) is 140 cm³/mol. The Morgan fingerprint density at radius 3 is 1.83 bits per heavy atom. The highest BCUT2D eigenvalue weighted by Crippen LogP contribution is 2.22. The molecular formula is C29H30N2O5. The molecule has 0 aliphatic rings. The molecule has 186 valence electrons. The second-order valence-corrected chi connectivity index (χ2v) is 8.12. The summed E-state index contributed by atoms with van der Waals surface area (Å²) in [6.07, 6.45) is 6.45. The summed E-state index contributed by atoms with van der Waals surface area (Å²) in [5.74, 6) is 2.29. The smallest absolute Gasteiger partial charge is 0.269 e. The molecule has 0 amide bonds. The summed E-state index contributed by atoms with van der Waals surface area (Å²) in [6.45, 7) is 3.71. The van der Waals surface area contributed by atoms with Crippen LogP contribution in [0, 0.1) is 21.4 Å². The zero-order chi connectivity index (χ0) is 25.6. The van der Waals surface area contributed by atoms with Crippen molar-refractivity contribution in [3.05, 3.63) is 94.0 Å². The summed E-state index contributed by atoms with van der Waals surface area (Å²) < 4.78 is 17.2. The molecule has 36 heavy (non-hydrogen) atoms. The van der Waals surface area contributed by atoms with Gasteiger partial charge in [-0.2, -0.15) is 5.26 Å². The van der Waals surface area contributed by atoms with E-state index in [-0.39, 0.29) is 5.69 Å². The van der Waals surface area contributed by atoms with Crippen molar-refractivity contribution in [3.8, 4) is 23.3 Å². The number of allylic oxidation sites excluding steroid dienone is 1. The van der Waals surface area contributed by atoms with Gasteiger partial charge in [-0.25, -0.2) is 0 Å². The average molecular weight is 487 g/mol. The molecule has 0 atom stereocenters. The zero-order valence-electron chi connectivity index (χ0n) is 20.4. The summed E-state index contributed by atoms with van der Waals surface area (Å²) in [7, 11) is 0. The van der Waals surface area contributed by atoms with Gasteiger partial charge in [0.25, 0.3) is 5.69 Å². The van der Waals surface area contributed by atoms with Crippen LogP contribution < -0.4 is 14.2 Å². The highest BCUT2D eigenvalue weighted by molar-refractivity contribution is 5.89. The Balaban J connectivity index is 1.43. The highest BCUT2D eigenvalue weighted by atomic mass is 16.6. The van der Waals surface area contributed by atoms with E-state index < -0.39 is 4.92 Å². The number of hydrogen-bond acceptors (Lipinski definition) is 6. The quantitative estimate of drug-likeness (QED) is 0.0795. The van der Waals surface area contributed by atoms with E-state index in [0.717, 1.165) is 30.1 Å². The Hall–Kier alpha value is -4.31. The predicted octanol–water partition coefficient (Wildman–Crippen LogP) is 7.08. The molecule has 0 bridgehead atoms. The maximum Gasteiger partial charge on any atom is 0.269 e. The van der Waals surface area contributed by atoms with E-state index in [1.54, 1.807) is 18.2 Å². The van der Waals surface area contributed by atoms with E-state index in [9.17, 15) is 15.4 Å². The maximum atomic E-state index is 10.8. The van der Waals surface area contributed by atoms with Gasteiger partial charge in [0.1, 0.15) is 30.5 Å². The molecule has 0 saturated heterocycles. The van der Waals surface area contributed by atoms with Crippen LogP contribution in [0.25, 0.3) is 11.6 Å². The third-order valence-electron chi connectivity index (χ3n) is 5.41. The molecule has 3 rings (SSSR count). The molecule has 0 radical (unpaired) electrons. The van der Waals surface area contributed by atoms with E-state index in [2.05, 4.69) is 13.0 Å². The molecule has 3 aromatic rings. The number of unbranched alkanes of at least 4 members (excludes halogenated alkanes) is 3. The lowest BCUT2D eigenvalue weighted by Crippen LogP contribution is -2.08. The average Bonchev–Trinajstić information content (AvgIpc) is 2.91. The third kappa shape index (κ3) is 8.48. The first kappa shape index (κ1) is 26.3. The Morgan fingerprint density at radius 1 is 0.806 bits per heavy atom. The lowest BCUT2D eigenvalue weighted by molar-refractivity contribution is -0.384. The highest BCUT2D eigenvalue weighted by Gasteiger charge is 2.07. The van der Waals surface area contributed by atoms with Gasteiger partial charge >= 0.3 is 0 Å². The van der Waals surface area contributed by atoms with Crippen molar-refractivity contribution in [2.75, 3.05) is 19.8 Å². The largest absolute Gasteiger partial charge is 0.494 e. The molecule has 0 aromatic heterocycles. The third-order valence-corrected chi connectivity index (χ3v) is 5.41. The van der Waals surface area contributed by atoms with Crippen LogP contribution in [-0.2, 0) is 0 Å². The first-order valence-corrected chi connectivity index (χ1v) is 12.0. The van der Waals surface area contributed by atoms with Crippen molar-refractivity contribution in [2.45, 2.75) is 32.6 Å². The standard InChI is InChI=1S/C29H30N2O5/c1-2-3-4-5-18-34-28-14-16-29(17-15-28)36-20-19-35-27-12-6-23(7-13-27)21-25(22-30)24-8-10-26(11-9-24)31(32)33/h6-17,21H,2-5,18-20H2,1H3. The molecule has 0 aliphatic carbocycles. The topological polar surface area (TPSA) is 94.6 Å². The van der Waals surface area contributed by atoms with Crippen LogP contribution in [0.3, 0.4) is 0 Å². The minimum atomic E-state index is -0.467. The van der Waals surface area contributed by atoms with Crippen LogP contribution in [-0.4, -0.2) is 24.7 Å². The Kier molecular flexibility index (Phi) is 10.4. The number of ether oxygens (including phenoxy) is 3. The van der Waals surface area contributed by atoms with Crippen LogP contribution in [0.1, 0.15) is 43.7 Å². The number of nitrogens with zero attached hydrogens (tertiary/aromatic N) is 2. The first-order chi connectivity index (χ1) is 17.6. The molecule has 0 aliphatic heterocycles. The molecular weight excluding hydrogens is 456 g/mol. The lowest BCUT2D eigenvalue weighted by Gasteiger charge is -2.10. The fourth-order valence-electron chi connectivity index (χ4n) is 3.44. The van der Waals surface area contributed by atoms with Crippen molar-refractivity contribution < 1.29 is 19.1 Å². The first-order valence-electron chi connectivity index (χ1n) is 12.0. The van der Waals surface area contributed by atoms with E-state index in [4.69, 9.17) is 14.2 Å². The van der Waals surface area contributed by atoms with E-state index in [0.29, 0.717) is 30.1 Å². The van der Waals surface area contributed by atoms with Gasteiger partial charge in [0.15, 0.2) is 0 Å². The maximum absolute atomic E-state index is 10.8. The summed E-state index contributed by atoms with van der Waals surface area (Å²) in [6, 6.07) is 23.0. The van der Waals surface area contributed by atoms with E-state index >= 15 is 0 Å². The van der Waals surface area contributed by atoms with Gasteiger partial charge in [0.05, 0.1) is 23.2 Å². The van der Waals surface area contributed by atoms with Crippen LogP contribution in [0.15, 0.2) is 72.8 Å². The van der Waals surface area contributed by atoms with Crippen molar-refractivity contribution in [3.63, 3.8) is 0 Å². The molecule has 7 heteroatoms. The summed E-state index contributed by atoms with van der Waals surface area (Å²) in [4.78, 5) is 10.3. The Labute approximate surface area is 211 Å². The number of nitriles is 1. The normalized spacial score (nSPS) is 10.9. The van der Waals surface area contributed by atoms with Crippen LogP contribution in [0.2, 0.25) is 0 Å². The number of nitro groups is 1. The van der Waals surface area contributed by atoms with E-state index in [1.165, 1.54) is 31.4 Å². The number of non-ortho nitro benzene ring substituents is 1. The van der Waals surface area contributed by atoms with Crippen molar-refractivity contribution in [1.29, 1.82) is 5.26 Å². The molecule has 0 saturated carbocycles. The molecule has 7 nitrogen and oxygen atoms in total. The van der Waals surface area contributed by atoms with Crippen LogP contribution in [0.5, 0.6) is 17.2 Å². The van der Waals surface area contributed by atoms with Crippen LogP contribution in [0.4, 0.5) is 5.69 Å². The minimum absolute atomic E-state index is 0.0132. The summed E-state index contributed by atoms with van der Waals surface area (Å²) >= 11 is 0. The fraction of sp³-hybridized carbons (Fsp3) is 0.276. The zero-order valence-corrected chi connectivity index (χ0v) is 20.4. The van der Waals surface area contributed by atoms with Gasteiger partial charge in [-0.1, -0.05) is 38.3 Å². The number of nitro benzene ring substituents is 1. The molecule has 0 N–H and O–H groups in total. The monoisotopic (exact) mass is 486 g/mol. The van der Waals surface area contributed by atoms with Gasteiger partial charge in [0.2, 0.25) is 0 Å². The number of rotatable bonds is 14. The molecule has 0 fully saturated rings. The van der Waals surface area contributed by atoms with Gasteiger partial charge < -0.3 is 14.2 Å².